The smallest absolute Gasteiger partial charge is 0.410 e. The van der Waals surface area contributed by atoms with Crippen molar-refractivity contribution in [2.24, 2.45) is 0 Å². The highest BCUT2D eigenvalue weighted by Gasteiger charge is 2.26. The van der Waals surface area contributed by atoms with Gasteiger partial charge in [-0.05, 0) is 45.0 Å². The number of aromatic nitrogens is 2. The summed E-state index contributed by atoms with van der Waals surface area (Å²) in [7, 11) is 0. The van der Waals surface area contributed by atoms with Gasteiger partial charge in [-0.3, -0.25) is 0 Å². The molecule has 0 N–H and O–H groups in total. The third-order valence-electron chi connectivity index (χ3n) is 4.09. The maximum Gasteiger partial charge on any atom is 0.410 e. The number of rotatable bonds is 2. The summed E-state index contributed by atoms with van der Waals surface area (Å²) >= 11 is 0. The van der Waals surface area contributed by atoms with E-state index in [1.54, 1.807) is 21.7 Å². The molecule has 0 atom stereocenters. The van der Waals surface area contributed by atoms with Crippen molar-refractivity contribution in [2.75, 3.05) is 31.1 Å². The van der Waals surface area contributed by atoms with Crippen molar-refractivity contribution in [3.05, 3.63) is 42.1 Å². The lowest BCUT2D eigenvalue weighted by Crippen LogP contribution is -2.50. The van der Waals surface area contributed by atoms with Gasteiger partial charge in [-0.2, -0.15) is 10.4 Å². The fourth-order valence-electron chi connectivity index (χ4n) is 2.76. The van der Waals surface area contributed by atoms with E-state index in [-0.39, 0.29) is 6.09 Å². The van der Waals surface area contributed by atoms with E-state index < -0.39 is 5.60 Å². The molecule has 2 aromatic rings. The third-order valence-corrected chi connectivity index (χ3v) is 4.09. The molecule has 1 aliphatic rings. The van der Waals surface area contributed by atoms with E-state index in [9.17, 15) is 4.79 Å². The molecule has 0 spiro atoms. The SMILES string of the molecule is CC(C)(C)OC(=O)N1CCN(c2ccn(-c3ccc(C#N)cc3)n2)CC1. The zero-order valence-electron chi connectivity index (χ0n) is 15.3. The number of piperazine rings is 1. The van der Waals surface area contributed by atoms with Crippen molar-refractivity contribution in [3.63, 3.8) is 0 Å². The van der Waals surface area contributed by atoms with Crippen molar-refractivity contribution in [2.45, 2.75) is 26.4 Å². The van der Waals surface area contributed by atoms with E-state index in [4.69, 9.17) is 10.00 Å². The van der Waals surface area contributed by atoms with Gasteiger partial charge in [0.25, 0.3) is 0 Å². The van der Waals surface area contributed by atoms with Gasteiger partial charge in [-0.1, -0.05) is 0 Å². The maximum atomic E-state index is 12.1. The summed E-state index contributed by atoms with van der Waals surface area (Å²) in [6.07, 6.45) is 1.64. The fourth-order valence-corrected chi connectivity index (χ4v) is 2.76. The Morgan fingerprint density at radius 2 is 1.77 bits per heavy atom. The number of carbonyl (C=O) groups excluding carboxylic acids is 1. The Balaban J connectivity index is 1.61. The molecule has 1 amide bonds. The quantitative estimate of drug-likeness (QED) is 0.830. The zero-order valence-corrected chi connectivity index (χ0v) is 15.3. The molecular formula is C19H23N5O2. The third kappa shape index (κ3) is 4.14. The van der Waals surface area contributed by atoms with Crippen molar-refractivity contribution in [1.29, 1.82) is 5.26 Å². The number of benzene rings is 1. The van der Waals surface area contributed by atoms with Crippen molar-refractivity contribution >= 4 is 11.9 Å². The van der Waals surface area contributed by atoms with Gasteiger partial charge in [0.15, 0.2) is 5.82 Å². The van der Waals surface area contributed by atoms with Crippen LogP contribution in [-0.2, 0) is 4.74 Å². The minimum Gasteiger partial charge on any atom is -0.444 e. The van der Waals surface area contributed by atoms with Crippen LogP contribution in [0, 0.1) is 11.3 Å². The van der Waals surface area contributed by atoms with Crippen LogP contribution in [0.25, 0.3) is 5.69 Å². The fraction of sp³-hybridized carbons (Fsp3) is 0.421. The predicted molar refractivity (Wildman–Crippen MR) is 98.3 cm³/mol. The molecule has 3 rings (SSSR count). The van der Waals surface area contributed by atoms with Crippen LogP contribution < -0.4 is 4.90 Å². The Bertz CT molecular complexity index is 806. The second-order valence-corrected chi connectivity index (χ2v) is 7.23. The molecule has 1 fully saturated rings. The number of amides is 1. The summed E-state index contributed by atoms with van der Waals surface area (Å²) in [5.41, 5.74) is 1.05. The molecule has 2 heterocycles. The number of hydrogen-bond donors (Lipinski definition) is 0. The first-order valence-corrected chi connectivity index (χ1v) is 8.65. The molecule has 1 saturated heterocycles. The van der Waals surface area contributed by atoms with E-state index in [0.717, 1.165) is 11.5 Å². The van der Waals surface area contributed by atoms with E-state index >= 15 is 0 Å². The topological polar surface area (TPSA) is 74.4 Å². The van der Waals surface area contributed by atoms with Gasteiger partial charge in [-0.25, -0.2) is 9.48 Å². The summed E-state index contributed by atoms with van der Waals surface area (Å²) in [6.45, 7) is 8.26. The summed E-state index contributed by atoms with van der Waals surface area (Å²) in [5, 5.41) is 13.5. The number of hydrogen-bond acceptors (Lipinski definition) is 5. The Labute approximate surface area is 153 Å². The number of nitrogens with zero attached hydrogens (tertiary/aromatic N) is 5. The highest BCUT2D eigenvalue weighted by molar-refractivity contribution is 5.68. The zero-order chi connectivity index (χ0) is 18.7. The van der Waals surface area contributed by atoms with Gasteiger partial charge >= 0.3 is 6.09 Å². The van der Waals surface area contributed by atoms with Gasteiger partial charge in [0, 0.05) is 38.4 Å². The van der Waals surface area contributed by atoms with Gasteiger partial charge in [0.05, 0.1) is 17.3 Å². The number of nitriles is 1. The first-order chi connectivity index (χ1) is 12.4. The van der Waals surface area contributed by atoms with E-state index in [1.807, 2.05) is 45.2 Å². The molecular weight excluding hydrogens is 330 g/mol. The number of carbonyl (C=O) groups is 1. The molecule has 0 saturated carbocycles. The maximum absolute atomic E-state index is 12.1. The normalized spacial score (nSPS) is 14.8. The summed E-state index contributed by atoms with van der Waals surface area (Å²) in [5.74, 6) is 0.873. The molecule has 0 unspecified atom stereocenters. The molecule has 26 heavy (non-hydrogen) atoms. The minimum absolute atomic E-state index is 0.264. The Morgan fingerprint density at radius 3 is 2.35 bits per heavy atom. The molecule has 1 aromatic heterocycles. The van der Waals surface area contributed by atoms with Crippen LogP contribution in [0.1, 0.15) is 26.3 Å². The van der Waals surface area contributed by atoms with Crippen molar-refractivity contribution in [3.8, 4) is 11.8 Å². The average molecular weight is 353 g/mol. The van der Waals surface area contributed by atoms with Crippen LogP contribution in [0.3, 0.4) is 0 Å². The molecule has 7 heteroatoms. The molecule has 1 aliphatic heterocycles. The molecule has 136 valence electrons. The number of ether oxygens (including phenoxy) is 1. The lowest BCUT2D eigenvalue weighted by molar-refractivity contribution is 0.0240. The van der Waals surface area contributed by atoms with Gasteiger partial charge in [0.2, 0.25) is 0 Å². The second kappa shape index (κ2) is 7.08. The van der Waals surface area contributed by atoms with Crippen LogP contribution in [-0.4, -0.2) is 52.6 Å². The van der Waals surface area contributed by atoms with Gasteiger partial charge in [-0.15, -0.1) is 0 Å². The summed E-state index contributed by atoms with van der Waals surface area (Å²) in [6, 6.07) is 11.4. The van der Waals surface area contributed by atoms with Crippen molar-refractivity contribution < 1.29 is 9.53 Å². The van der Waals surface area contributed by atoms with Gasteiger partial charge in [0.1, 0.15) is 5.60 Å². The van der Waals surface area contributed by atoms with Crippen LogP contribution in [0.5, 0.6) is 0 Å². The monoisotopic (exact) mass is 353 g/mol. The lowest BCUT2D eigenvalue weighted by atomic mass is 10.2. The molecule has 0 aliphatic carbocycles. The second-order valence-electron chi connectivity index (χ2n) is 7.23. The number of anilines is 1. The minimum atomic E-state index is -0.478. The first-order valence-electron chi connectivity index (χ1n) is 8.65. The first kappa shape index (κ1) is 17.8. The molecule has 0 radical (unpaired) electrons. The molecule has 0 bridgehead atoms. The van der Waals surface area contributed by atoms with Crippen LogP contribution >= 0.6 is 0 Å². The highest BCUT2D eigenvalue weighted by atomic mass is 16.6. The highest BCUT2D eigenvalue weighted by Crippen LogP contribution is 2.18. The van der Waals surface area contributed by atoms with Crippen LogP contribution in [0.15, 0.2) is 36.5 Å². The Morgan fingerprint density at radius 1 is 1.12 bits per heavy atom. The molecule has 7 nitrogen and oxygen atoms in total. The largest absolute Gasteiger partial charge is 0.444 e. The van der Waals surface area contributed by atoms with Crippen LogP contribution in [0.2, 0.25) is 0 Å². The van der Waals surface area contributed by atoms with E-state index in [1.165, 1.54) is 0 Å². The predicted octanol–water partition coefficient (Wildman–Crippen LogP) is 2.80. The van der Waals surface area contributed by atoms with Crippen molar-refractivity contribution in [1.82, 2.24) is 14.7 Å². The summed E-state index contributed by atoms with van der Waals surface area (Å²) in [4.78, 5) is 16.0. The van der Waals surface area contributed by atoms with E-state index in [0.29, 0.717) is 31.7 Å². The van der Waals surface area contributed by atoms with Gasteiger partial charge < -0.3 is 14.5 Å². The van der Waals surface area contributed by atoms with Crippen LogP contribution in [0.4, 0.5) is 10.6 Å². The molecule has 1 aromatic carbocycles. The van der Waals surface area contributed by atoms with E-state index in [2.05, 4.69) is 16.1 Å². The Kier molecular flexibility index (Phi) is 4.85. The lowest BCUT2D eigenvalue weighted by Gasteiger charge is -2.35. The standard InChI is InChI=1S/C19H23N5O2/c1-19(2,3)26-18(25)23-12-10-22(11-13-23)17-8-9-24(21-17)16-6-4-15(14-20)5-7-16/h4-9H,10-13H2,1-3H3. The average Bonchev–Trinajstić information content (AvgIpc) is 3.10. The summed E-state index contributed by atoms with van der Waals surface area (Å²) < 4.78 is 7.21. The Hall–Kier alpha value is -3.01.